The molecule has 0 radical (unpaired) electrons. The van der Waals surface area contributed by atoms with Crippen molar-refractivity contribution in [2.75, 3.05) is 18.0 Å². The number of rotatable bonds is 1. The molecule has 2 aromatic heterocycles. The van der Waals surface area contributed by atoms with E-state index in [1.807, 2.05) is 12.1 Å². The molecule has 0 aromatic carbocycles. The Bertz CT molecular complexity index is 556. The van der Waals surface area contributed by atoms with Gasteiger partial charge in [-0.15, -0.1) is 0 Å². The van der Waals surface area contributed by atoms with Crippen LogP contribution in [0.1, 0.15) is 13.3 Å². The zero-order chi connectivity index (χ0) is 12.5. The van der Waals surface area contributed by atoms with E-state index < -0.39 is 0 Å². The lowest BCUT2D eigenvalue weighted by Gasteiger charge is -2.35. The molecule has 0 spiro atoms. The average Bonchev–Trinajstić information content (AvgIpc) is 2.41. The van der Waals surface area contributed by atoms with Crippen molar-refractivity contribution in [3.8, 4) is 0 Å². The van der Waals surface area contributed by atoms with Crippen molar-refractivity contribution in [3.05, 3.63) is 24.5 Å². The summed E-state index contributed by atoms with van der Waals surface area (Å²) in [6, 6.07) is 4.30. The lowest BCUT2D eigenvalue weighted by atomic mass is 9.95. The summed E-state index contributed by atoms with van der Waals surface area (Å²) < 4.78 is 0. The summed E-state index contributed by atoms with van der Waals surface area (Å²) in [5, 5.41) is 0. The Morgan fingerprint density at radius 3 is 2.94 bits per heavy atom. The molecule has 2 unspecified atom stereocenters. The van der Waals surface area contributed by atoms with Crippen molar-refractivity contribution in [1.82, 2.24) is 15.0 Å². The van der Waals surface area contributed by atoms with Crippen molar-refractivity contribution in [2.45, 2.75) is 19.4 Å². The van der Waals surface area contributed by atoms with Gasteiger partial charge in [0, 0.05) is 31.5 Å². The van der Waals surface area contributed by atoms with Crippen molar-refractivity contribution in [2.24, 2.45) is 11.7 Å². The molecule has 5 nitrogen and oxygen atoms in total. The number of fused-ring (bicyclic) bond motifs is 1. The first-order valence-corrected chi connectivity index (χ1v) is 6.32. The van der Waals surface area contributed by atoms with Gasteiger partial charge in [0.1, 0.15) is 11.3 Å². The Balaban J connectivity index is 1.90. The van der Waals surface area contributed by atoms with Gasteiger partial charge in [0.15, 0.2) is 5.65 Å². The minimum Gasteiger partial charge on any atom is -0.356 e. The molecule has 5 heteroatoms. The first-order chi connectivity index (χ1) is 8.74. The Morgan fingerprint density at radius 2 is 2.11 bits per heavy atom. The number of aromatic nitrogens is 3. The van der Waals surface area contributed by atoms with Gasteiger partial charge in [0.25, 0.3) is 0 Å². The highest BCUT2D eigenvalue weighted by Gasteiger charge is 2.23. The van der Waals surface area contributed by atoms with E-state index in [9.17, 15) is 0 Å². The van der Waals surface area contributed by atoms with Crippen molar-refractivity contribution in [3.63, 3.8) is 0 Å². The van der Waals surface area contributed by atoms with E-state index in [0.29, 0.717) is 17.6 Å². The van der Waals surface area contributed by atoms with Crippen molar-refractivity contribution >= 4 is 17.0 Å². The molecule has 1 saturated heterocycles. The average molecular weight is 243 g/mol. The van der Waals surface area contributed by atoms with Crippen LogP contribution >= 0.6 is 0 Å². The molecule has 1 fully saturated rings. The molecular formula is C13H17N5. The van der Waals surface area contributed by atoms with Crippen LogP contribution in [0.25, 0.3) is 11.2 Å². The summed E-state index contributed by atoms with van der Waals surface area (Å²) in [5.41, 5.74) is 7.58. The predicted molar refractivity (Wildman–Crippen MR) is 71.3 cm³/mol. The fourth-order valence-electron chi connectivity index (χ4n) is 2.39. The van der Waals surface area contributed by atoms with E-state index in [-0.39, 0.29) is 0 Å². The molecule has 3 heterocycles. The highest BCUT2D eigenvalue weighted by atomic mass is 15.2. The molecule has 1 aliphatic rings. The van der Waals surface area contributed by atoms with E-state index >= 15 is 0 Å². The molecule has 1 aliphatic heterocycles. The molecule has 18 heavy (non-hydrogen) atoms. The number of pyridine rings is 1. The predicted octanol–water partition coefficient (Wildman–Crippen LogP) is 1.20. The Hall–Kier alpha value is -1.75. The molecule has 2 N–H and O–H groups in total. The SMILES string of the molecule is CC1CN(c2ccc3nccnc3n2)CCC1N. The van der Waals surface area contributed by atoms with Gasteiger partial charge in [-0.2, -0.15) is 0 Å². The van der Waals surface area contributed by atoms with Crippen LogP contribution in [0.2, 0.25) is 0 Å². The van der Waals surface area contributed by atoms with Crippen molar-refractivity contribution < 1.29 is 0 Å². The minimum atomic E-state index is 0.307. The van der Waals surface area contributed by atoms with Crippen LogP contribution in [0.15, 0.2) is 24.5 Å². The zero-order valence-corrected chi connectivity index (χ0v) is 10.5. The number of piperidine rings is 1. The molecule has 0 bridgehead atoms. The second-order valence-electron chi connectivity index (χ2n) is 4.94. The number of hydrogen-bond acceptors (Lipinski definition) is 5. The quantitative estimate of drug-likeness (QED) is 0.815. The summed E-state index contributed by atoms with van der Waals surface area (Å²) in [6.45, 7) is 4.11. The Morgan fingerprint density at radius 1 is 1.28 bits per heavy atom. The molecule has 0 amide bonds. The minimum absolute atomic E-state index is 0.307. The van der Waals surface area contributed by atoms with E-state index in [1.165, 1.54) is 0 Å². The molecule has 94 valence electrons. The first-order valence-electron chi connectivity index (χ1n) is 6.32. The van der Waals surface area contributed by atoms with Gasteiger partial charge >= 0.3 is 0 Å². The Kier molecular flexibility index (Phi) is 2.83. The van der Waals surface area contributed by atoms with Crippen LogP contribution in [0.5, 0.6) is 0 Å². The van der Waals surface area contributed by atoms with Crippen LogP contribution in [0, 0.1) is 5.92 Å². The fraction of sp³-hybridized carbons (Fsp3) is 0.462. The molecule has 0 aliphatic carbocycles. The molecule has 2 aromatic rings. The monoisotopic (exact) mass is 243 g/mol. The first kappa shape index (κ1) is 11.3. The van der Waals surface area contributed by atoms with Gasteiger partial charge in [0.05, 0.1) is 0 Å². The van der Waals surface area contributed by atoms with E-state index in [1.54, 1.807) is 12.4 Å². The summed E-state index contributed by atoms with van der Waals surface area (Å²) >= 11 is 0. The van der Waals surface area contributed by atoms with Gasteiger partial charge < -0.3 is 10.6 Å². The third kappa shape index (κ3) is 2.01. The van der Waals surface area contributed by atoms with Crippen LogP contribution in [-0.4, -0.2) is 34.1 Å². The smallest absolute Gasteiger partial charge is 0.180 e. The molecular weight excluding hydrogens is 226 g/mol. The maximum Gasteiger partial charge on any atom is 0.180 e. The normalized spacial score (nSPS) is 24.4. The zero-order valence-electron chi connectivity index (χ0n) is 10.5. The largest absolute Gasteiger partial charge is 0.356 e. The topological polar surface area (TPSA) is 67.9 Å². The van der Waals surface area contributed by atoms with Gasteiger partial charge in [-0.25, -0.2) is 9.97 Å². The standard InChI is InChI=1S/C13H17N5/c1-9-8-18(7-4-10(9)14)12-3-2-11-13(17-12)16-6-5-15-11/h2-3,5-6,9-10H,4,7-8,14H2,1H3. The second-order valence-corrected chi connectivity index (χ2v) is 4.94. The van der Waals surface area contributed by atoms with E-state index in [0.717, 1.165) is 30.8 Å². The van der Waals surface area contributed by atoms with Crippen LogP contribution < -0.4 is 10.6 Å². The summed E-state index contributed by atoms with van der Waals surface area (Å²) in [4.78, 5) is 15.3. The molecule has 2 atom stereocenters. The van der Waals surface area contributed by atoms with Gasteiger partial charge in [0.2, 0.25) is 0 Å². The summed E-state index contributed by atoms with van der Waals surface area (Å²) in [5.74, 6) is 1.47. The number of nitrogens with zero attached hydrogens (tertiary/aromatic N) is 4. The van der Waals surface area contributed by atoms with Gasteiger partial charge in [-0.05, 0) is 24.5 Å². The van der Waals surface area contributed by atoms with Gasteiger partial charge in [-0.3, -0.25) is 4.98 Å². The van der Waals surface area contributed by atoms with Crippen molar-refractivity contribution in [1.29, 1.82) is 0 Å². The third-order valence-electron chi connectivity index (χ3n) is 3.61. The number of anilines is 1. The summed E-state index contributed by atoms with van der Waals surface area (Å²) in [7, 11) is 0. The third-order valence-corrected chi connectivity index (χ3v) is 3.61. The van der Waals surface area contributed by atoms with Crippen LogP contribution in [-0.2, 0) is 0 Å². The maximum absolute atomic E-state index is 6.04. The number of hydrogen-bond donors (Lipinski definition) is 1. The lowest BCUT2D eigenvalue weighted by molar-refractivity contribution is 0.381. The summed E-state index contributed by atoms with van der Waals surface area (Å²) in [6.07, 6.45) is 4.38. The maximum atomic E-state index is 6.04. The van der Waals surface area contributed by atoms with Crippen LogP contribution in [0.4, 0.5) is 5.82 Å². The molecule has 0 saturated carbocycles. The highest BCUT2D eigenvalue weighted by molar-refractivity contribution is 5.71. The molecule has 3 rings (SSSR count). The van der Waals surface area contributed by atoms with Gasteiger partial charge in [-0.1, -0.05) is 6.92 Å². The van der Waals surface area contributed by atoms with E-state index in [2.05, 4.69) is 26.8 Å². The fourth-order valence-corrected chi connectivity index (χ4v) is 2.39. The van der Waals surface area contributed by atoms with E-state index in [4.69, 9.17) is 5.73 Å². The second kappa shape index (κ2) is 4.49. The number of nitrogens with two attached hydrogens (primary N) is 1. The van der Waals surface area contributed by atoms with Crippen LogP contribution in [0.3, 0.4) is 0 Å². The highest BCUT2D eigenvalue weighted by Crippen LogP contribution is 2.21. The Labute approximate surface area is 106 Å². The lowest BCUT2D eigenvalue weighted by Crippen LogP contribution is -2.46.